The van der Waals surface area contributed by atoms with Gasteiger partial charge in [0.1, 0.15) is 11.4 Å². The fourth-order valence-electron chi connectivity index (χ4n) is 2.25. The lowest BCUT2D eigenvalue weighted by Gasteiger charge is -2.01. The molecular weight excluding hydrogens is 228 g/mol. The van der Waals surface area contributed by atoms with E-state index in [0.717, 1.165) is 48.6 Å². The Balaban J connectivity index is 1.92. The smallest absolute Gasteiger partial charge is 0.155 e. The second-order valence-corrected chi connectivity index (χ2v) is 4.38. The van der Waals surface area contributed by atoms with Crippen molar-refractivity contribution in [3.63, 3.8) is 0 Å². The molecule has 18 heavy (non-hydrogen) atoms. The highest BCUT2D eigenvalue weighted by Gasteiger charge is 2.23. The molecule has 0 bridgehead atoms. The Bertz CT molecular complexity index is 531. The number of rotatable bonds is 3. The number of aromatic nitrogens is 3. The van der Waals surface area contributed by atoms with Gasteiger partial charge < -0.3 is 4.52 Å². The summed E-state index contributed by atoms with van der Waals surface area (Å²) in [6, 6.07) is 2.12. The summed E-state index contributed by atoms with van der Waals surface area (Å²) in [4.78, 5) is 8.66. The van der Waals surface area contributed by atoms with Crippen LogP contribution in [0.2, 0.25) is 0 Å². The molecule has 1 aliphatic rings. The van der Waals surface area contributed by atoms with Gasteiger partial charge in [-0.25, -0.2) is 5.32 Å². The molecule has 1 aliphatic heterocycles. The van der Waals surface area contributed by atoms with Crippen LogP contribution in [0, 0.1) is 0 Å². The van der Waals surface area contributed by atoms with Gasteiger partial charge in [0.05, 0.1) is 11.7 Å². The molecular formula is C13H15N4O. The molecule has 0 spiro atoms. The van der Waals surface area contributed by atoms with Gasteiger partial charge in [-0.3, -0.25) is 9.97 Å². The van der Waals surface area contributed by atoms with Crippen LogP contribution in [0.3, 0.4) is 0 Å². The van der Waals surface area contributed by atoms with E-state index in [1.165, 1.54) is 0 Å². The number of aryl methyl sites for hydroxylation is 1. The van der Waals surface area contributed by atoms with Gasteiger partial charge in [-0.05, 0) is 19.3 Å². The Morgan fingerprint density at radius 3 is 3.00 bits per heavy atom. The summed E-state index contributed by atoms with van der Waals surface area (Å²) in [5.41, 5.74) is 2.52. The SMILES string of the molecule is CCc1nccnc1-c1cc(C2CCC[N]2)on1. The molecule has 1 saturated heterocycles. The van der Waals surface area contributed by atoms with Crippen molar-refractivity contribution in [3.05, 3.63) is 29.9 Å². The third-order valence-electron chi connectivity index (χ3n) is 3.19. The third kappa shape index (κ3) is 2.01. The zero-order chi connectivity index (χ0) is 12.4. The van der Waals surface area contributed by atoms with Gasteiger partial charge in [0.2, 0.25) is 0 Å². The highest BCUT2D eigenvalue weighted by molar-refractivity contribution is 5.56. The van der Waals surface area contributed by atoms with E-state index >= 15 is 0 Å². The summed E-state index contributed by atoms with van der Waals surface area (Å²) < 4.78 is 5.39. The Morgan fingerprint density at radius 1 is 1.33 bits per heavy atom. The first kappa shape index (κ1) is 11.3. The molecule has 0 aliphatic carbocycles. The number of hydrogen-bond donors (Lipinski definition) is 0. The zero-order valence-corrected chi connectivity index (χ0v) is 10.3. The predicted molar refractivity (Wildman–Crippen MR) is 65.9 cm³/mol. The predicted octanol–water partition coefficient (Wildman–Crippen LogP) is 2.13. The molecule has 1 radical (unpaired) electrons. The monoisotopic (exact) mass is 243 g/mol. The fourth-order valence-corrected chi connectivity index (χ4v) is 2.25. The van der Waals surface area contributed by atoms with Crippen LogP contribution < -0.4 is 5.32 Å². The zero-order valence-electron chi connectivity index (χ0n) is 10.3. The molecule has 2 aromatic heterocycles. The average molecular weight is 243 g/mol. The lowest BCUT2D eigenvalue weighted by atomic mass is 10.1. The summed E-state index contributed by atoms with van der Waals surface area (Å²) >= 11 is 0. The summed E-state index contributed by atoms with van der Waals surface area (Å²) in [7, 11) is 0. The lowest BCUT2D eigenvalue weighted by molar-refractivity contribution is 0.351. The van der Waals surface area contributed by atoms with Crippen LogP contribution in [-0.2, 0) is 6.42 Å². The maximum atomic E-state index is 5.39. The minimum absolute atomic E-state index is 0.174. The first-order chi connectivity index (χ1) is 8.88. The van der Waals surface area contributed by atoms with Crippen LogP contribution >= 0.6 is 0 Å². The van der Waals surface area contributed by atoms with Crippen molar-refractivity contribution in [2.24, 2.45) is 0 Å². The molecule has 0 aromatic carbocycles. The van der Waals surface area contributed by atoms with E-state index in [2.05, 4.69) is 27.4 Å². The molecule has 2 aromatic rings. The Kier molecular flexibility index (Phi) is 3.06. The highest BCUT2D eigenvalue weighted by atomic mass is 16.5. The summed E-state index contributed by atoms with van der Waals surface area (Å²) in [6.45, 7) is 2.98. The van der Waals surface area contributed by atoms with Gasteiger partial charge in [0, 0.05) is 25.0 Å². The molecule has 3 rings (SSSR count). The summed E-state index contributed by atoms with van der Waals surface area (Å²) in [6.07, 6.45) is 6.40. The summed E-state index contributed by atoms with van der Waals surface area (Å²) in [5.74, 6) is 0.843. The Labute approximate surface area is 106 Å². The third-order valence-corrected chi connectivity index (χ3v) is 3.19. The number of hydrogen-bond acceptors (Lipinski definition) is 4. The molecule has 93 valence electrons. The standard InChI is InChI=1S/C13H15N4O/c1-2-9-13(16-7-6-15-9)11-8-12(18-17-11)10-4-3-5-14-10/h6-8,10H,2-5H2,1H3. The lowest BCUT2D eigenvalue weighted by Crippen LogP contribution is -2.03. The molecule has 1 fully saturated rings. The molecule has 0 amide bonds. The van der Waals surface area contributed by atoms with Crippen LogP contribution in [0.5, 0.6) is 0 Å². The average Bonchev–Trinajstić information content (AvgIpc) is 3.09. The van der Waals surface area contributed by atoms with Crippen molar-refractivity contribution >= 4 is 0 Å². The van der Waals surface area contributed by atoms with E-state index in [0.29, 0.717) is 0 Å². The summed E-state index contributed by atoms with van der Waals surface area (Å²) in [5, 5.41) is 8.59. The molecule has 0 N–H and O–H groups in total. The minimum Gasteiger partial charge on any atom is -0.359 e. The first-order valence-corrected chi connectivity index (χ1v) is 6.32. The van der Waals surface area contributed by atoms with Gasteiger partial charge in [-0.15, -0.1) is 0 Å². The van der Waals surface area contributed by atoms with Crippen LogP contribution in [0.25, 0.3) is 11.4 Å². The Hall–Kier alpha value is -1.75. The highest BCUT2D eigenvalue weighted by Crippen LogP contribution is 2.28. The second-order valence-electron chi connectivity index (χ2n) is 4.38. The van der Waals surface area contributed by atoms with Crippen molar-refractivity contribution in [2.45, 2.75) is 32.2 Å². The van der Waals surface area contributed by atoms with Crippen LogP contribution in [0.4, 0.5) is 0 Å². The van der Waals surface area contributed by atoms with Crippen molar-refractivity contribution in [1.29, 1.82) is 0 Å². The van der Waals surface area contributed by atoms with E-state index in [4.69, 9.17) is 4.52 Å². The largest absolute Gasteiger partial charge is 0.359 e. The fraction of sp³-hybridized carbons (Fsp3) is 0.462. The van der Waals surface area contributed by atoms with E-state index in [9.17, 15) is 0 Å². The molecule has 0 saturated carbocycles. The van der Waals surface area contributed by atoms with Crippen LogP contribution in [0.1, 0.15) is 37.3 Å². The van der Waals surface area contributed by atoms with Gasteiger partial charge in [0.25, 0.3) is 0 Å². The topological polar surface area (TPSA) is 65.9 Å². The van der Waals surface area contributed by atoms with Crippen molar-refractivity contribution in [2.75, 3.05) is 6.54 Å². The Morgan fingerprint density at radius 2 is 2.22 bits per heavy atom. The first-order valence-electron chi connectivity index (χ1n) is 6.32. The second kappa shape index (κ2) is 4.86. The number of nitrogens with zero attached hydrogens (tertiary/aromatic N) is 4. The molecule has 3 heterocycles. The van der Waals surface area contributed by atoms with Gasteiger partial charge in [-0.1, -0.05) is 12.1 Å². The molecule has 1 unspecified atom stereocenters. The van der Waals surface area contributed by atoms with E-state index < -0.39 is 0 Å². The minimum atomic E-state index is 0.174. The van der Waals surface area contributed by atoms with Crippen molar-refractivity contribution < 1.29 is 4.52 Å². The van der Waals surface area contributed by atoms with Gasteiger partial charge in [-0.2, -0.15) is 0 Å². The molecule has 5 nitrogen and oxygen atoms in total. The van der Waals surface area contributed by atoms with E-state index in [1.54, 1.807) is 12.4 Å². The van der Waals surface area contributed by atoms with E-state index in [-0.39, 0.29) is 6.04 Å². The quantitative estimate of drug-likeness (QED) is 0.828. The van der Waals surface area contributed by atoms with Gasteiger partial charge in [0.15, 0.2) is 5.76 Å². The maximum absolute atomic E-state index is 5.39. The molecule has 5 heteroatoms. The van der Waals surface area contributed by atoms with Crippen LogP contribution in [-0.4, -0.2) is 21.7 Å². The van der Waals surface area contributed by atoms with Crippen molar-refractivity contribution in [3.8, 4) is 11.4 Å². The van der Waals surface area contributed by atoms with Gasteiger partial charge >= 0.3 is 0 Å². The molecule has 1 atom stereocenters. The van der Waals surface area contributed by atoms with E-state index in [1.807, 2.05) is 6.07 Å². The van der Waals surface area contributed by atoms with Crippen molar-refractivity contribution in [1.82, 2.24) is 20.4 Å². The maximum Gasteiger partial charge on any atom is 0.155 e. The van der Waals surface area contributed by atoms with Crippen LogP contribution in [0.15, 0.2) is 23.0 Å². The normalized spacial score (nSPS) is 19.3.